The van der Waals surface area contributed by atoms with Crippen LogP contribution in [0, 0.1) is 17.7 Å². The number of thiophene rings is 1. The predicted molar refractivity (Wildman–Crippen MR) is 119 cm³/mol. The number of fused-ring (bicyclic) bond motifs is 1. The maximum Gasteiger partial charge on any atom is 0.157 e. The average Bonchev–Trinajstić information content (AvgIpc) is 3.25. The molecule has 4 nitrogen and oxygen atoms in total. The minimum atomic E-state index is -0.309. The lowest BCUT2D eigenvalue weighted by atomic mass is 10.1. The minimum Gasteiger partial charge on any atom is -0.365 e. The second-order valence-electron chi connectivity index (χ2n) is 7.38. The Labute approximate surface area is 179 Å². The number of benzene rings is 1. The van der Waals surface area contributed by atoms with Crippen molar-refractivity contribution in [1.82, 2.24) is 14.4 Å². The van der Waals surface area contributed by atoms with Gasteiger partial charge in [0.25, 0.3) is 0 Å². The van der Waals surface area contributed by atoms with E-state index >= 15 is 0 Å². The van der Waals surface area contributed by atoms with Crippen LogP contribution in [-0.2, 0) is 0 Å². The number of nitrogens with one attached hydrogen (secondary N) is 1. The maximum atomic E-state index is 13.8. The molecule has 0 aliphatic heterocycles. The van der Waals surface area contributed by atoms with Gasteiger partial charge in [0, 0.05) is 17.9 Å². The molecular formula is C22H20ClFN4S. The normalized spacial score (nSPS) is 10.9. The van der Waals surface area contributed by atoms with Gasteiger partial charge in [0.05, 0.1) is 21.5 Å². The Hall–Kier alpha value is -2.88. The van der Waals surface area contributed by atoms with Crippen LogP contribution >= 0.6 is 23.7 Å². The molecule has 148 valence electrons. The summed E-state index contributed by atoms with van der Waals surface area (Å²) in [6.07, 6.45) is 5.38. The first-order chi connectivity index (χ1) is 13.4. The summed E-state index contributed by atoms with van der Waals surface area (Å²) in [6, 6.07) is 10.5. The van der Waals surface area contributed by atoms with Gasteiger partial charge in [-0.1, -0.05) is 24.0 Å². The maximum absolute atomic E-state index is 13.8. The van der Waals surface area contributed by atoms with Crippen molar-refractivity contribution < 1.29 is 4.39 Å². The van der Waals surface area contributed by atoms with Crippen LogP contribution in [0.1, 0.15) is 31.2 Å². The van der Waals surface area contributed by atoms with Crippen LogP contribution in [0.3, 0.4) is 0 Å². The van der Waals surface area contributed by atoms with Crippen molar-refractivity contribution in [2.45, 2.75) is 26.3 Å². The monoisotopic (exact) mass is 426 g/mol. The van der Waals surface area contributed by atoms with Gasteiger partial charge in [-0.3, -0.25) is 9.38 Å². The molecule has 4 aromatic rings. The van der Waals surface area contributed by atoms with Gasteiger partial charge in [-0.25, -0.2) is 9.37 Å². The molecule has 0 aliphatic carbocycles. The Balaban J connectivity index is 0.00000240. The summed E-state index contributed by atoms with van der Waals surface area (Å²) in [5.41, 5.74) is 1.90. The summed E-state index contributed by atoms with van der Waals surface area (Å²) < 4.78 is 15.8. The highest BCUT2D eigenvalue weighted by Crippen LogP contribution is 2.34. The fraction of sp³-hybridized carbons (Fsp3) is 0.182. The van der Waals surface area contributed by atoms with E-state index in [0.717, 1.165) is 26.9 Å². The molecule has 0 bridgehead atoms. The highest BCUT2D eigenvalue weighted by Gasteiger charge is 2.20. The number of hydrogen-bond acceptors (Lipinski definition) is 4. The van der Waals surface area contributed by atoms with Crippen molar-refractivity contribution in [1.29, 1.82) is 0 Å². The summed E-state index contributed by atoms with van der Waals surface area (Å²) in [6.45, 7) is 6.32. The van der Waals surface area contributed by atoms with E-state index in [-0.39, 0.29) is 23.8 Å². The molecule has 0 saturated heterocycles. The lowest BCUT2D eigenvalue weighted by Crippen LogP contribution is -2.27. The summed E-state index contributed by atoms with van der Waals surface area (Å²) in [7, 11) is 0. The van der Waals surface area contributed by atoms with Gasteiger partial charge in [-0.05, 0) is 45.0 Å². The van der Waals surface area contributed by atoms with E-state index < -0.39 is 0 Å². The molecule has 3 aromatic heterocycles. The molecule has 3 heterocycles. The van der Waals surface area contributed by atoms with E-state index in [1.54, 1.807) is 30.6 Å². The zero-order chi connectivity index (χ0) is 19.7. The first-order valence-electron chi connectivity index (χ1n) is 8.88. The fourth-order valence-corrected chi connectivity index (χ4v) is 3.63. The van der Waals surface area contributed by atoms with Crippen molar-refractivity contribution in [3.05, 3.63) is 71.2 Å². The van der Waals surface area contributed by atoms with Crippen LogP contribution in [-0.4, -0.2) is 19.9 Å². The van der Waals surface area contributed by atoms with E-state index in [1.807, 2.05) is 22.7 Å². The standard InChI is InChI=1S/C22H19FN4S.ClH/c1-22(2,3)26-21-20(25-19-14-24-12-13-27(19)21)18-11-10-16(28-18)9-8-15-6-4-5-7-17(15)23;/h4-7,10-14,26H,1-3H3;1H. The number of rotatable bonds is 2. The molecule has 1 aromatic carbocycles. The highest BCUT2D eigenvalue weighted by molar-refractivity contribution is 7.16. The molecular weight excluding hydrogens is 407 g/mol. The van der Waals surface area contributed by atoms with E-state index in [0.29, 0.717) is 5.56 Å². The molecule has 0 atom stereocenters. The van der Waals surface area contributed by atoms with Crippen LogP contribution in [0.15, 0.2) is 55.0 Å². The molecule has 0 radical (unpaired) electrons. The number of anilines is 1. The first-order valence-corrected chi connectivity index (χ1v) is 9.69. The van der Waals surface area contributed by atoms with Crippen LogP contribution in [0.4, 0.5) is 10.2 Å². The van der Waals surface area contributed by atoms with Crippen molar-refractivity contribution in [2.24, 2.45) is 0 Å². The third-order valence-electron chi connectivity index (χ3n) is 3.96. The molecule has 0 amide bonds. The van der Waals surface area contributed by atoms with Crippen LogP contribution in [0.2, 0.25) is 0 Å². The van der Waals surface area contributed by atoms with Gasteiger partial charge >= 0.3 is 0 Å². The zero-order valence-corrected chi connectivity index (χ0v) is 17.9. The minimum absolute atomic E-state index is 0. The van der Waals surface area contributed by atoms with Crippen molar-refractivity contribution >= 4 is 35.2 Å². The molecule has 29 heavy (non-hydrogen) atoms. The van der Waals surface area contributed by atoms with Crippen LogP contribution in [0.5, 0.6) is 0 Å². The lowest BCUT2D eigenvalue weighted by Gasteiger charge is -2.22. The van der Waals surface area contributed by atoms with Gasteiger partial charge in [-0.15, -0.1) is 23.7 Å². The molecule has 7 heteroatoms. The van der Waals surface area contributed by atoms with E-state index in [2.05, 4.69) is 42.9 Å². The summed E-state index contributed by atoms with van der Waals surface area (Å²) in [5.74, 6) is 6.57. The van der Waals surface area contributed by atoms with Gasteiger partial charge in [0.15, 0.2) is 5.65 Å². The van der Waals surface area contributed by atoms with E-state index in [1.165, 1.54) is 17.4 Å². The Morgan fingerprint density at radius 1 is 1.10 bits per heavy atom. The van der Waals surface area contributed by atoms with Crippen molar-refractivity contribution in [3.63, 3.8) is 0 Å². The lowest BCUT2D eigenvalue weighted by molar-refractivity contribution is 0.624. The fourth-order valence-electron chi connectivity index (χ4n) is 2.78. The molecule has 0 aliphatic rings. The second kappa shape index (κ2) is 8.24. The number of nitrogens with zero attached hydrogens (tertiary/aromatic N) is 3. The Morgan fingerprint density at radius 2 is 1.90 bits per heavy atom. The SMILES string of the molecule is CC(C)(C)Nc1c(-c2ccc(C#Cc3ccccc3F)s2)nc2cnccn12.Cl. The van der Waals surface area contributed by atoms with Gasteiger partial charge in [0.2, 0.25) is 0 Å². The number of halogens is 2. The van der Waals surface area contributed by atoms with Crippen LogP contribution < -0.4 is 5.32 Å². The van der Waals surface area contributed by atoms with Gasteiger partial charge in [-0.2, -0.15) is 0 Å². The van der Waals surface area contributed by atoms with E-state index in [4.69, 9.17) is 4.98 Å². The molecule has 4 rings (SSSR count). The number of hydrogen-bond donors (Lipinski definition) is 1. The summed E-state index contributed by atoms with van der Waals surface area (Å²) in [4.78, 5) is 10.8. The number of imidazole rings is 1. The predicted octanol–water partition coefficient (Wildman–Crippen LogP) is 5.63. The zero-order valence-electron chi connectivity index (χ0n) is 16.2. The Kier molecular flexibility index (Phi) is 5.92. The van der Waals surface area contributed by atoms with Gasteiger partial charge < -0.3 is 5.32 Å². The molecule has 1 N–H and O–H groups in total. The third kappa shape index (κ3) is 4.58. The highest BCUT2D eigenvalue weighted by atomic mass is 35.5. The molecule has 0 spiro atoms. The topological polar surface area (TPSA) is 42.2 Å². The molecule has 0 fully saturated rings. The van der Waals surface area contributed by atoms with Crippen LogP contribution in [0.25, 0.3) is 16.2 Å². The number of aromatic nitrogens is 3. The largest absolute Gasteiger partial charge is 0.365 e. The Morgan fingerprint density at radius 3 is 2.66 bits per heavy atom. The van der Waals surface area contributed by atoms with Gasteiger partial charge in [0.1, 0.15) is 17.3 Å². The Bertz CT molecular complexity index is 1210. The molecule has 0 unspecified atom stereocenters. The van der Waals surface area contributed by atoms with Crippen molar-refractivity contribution in [3.8, 4) is 22.4 Å². The average molecular weight is 427 g/mol. The van der Waals surface area contributed by atoms with E-state index in [9.17, 15) is 4.39 Å². The van der Waals surface area contributed by atoms with Crippen molar-refractivity contribution in [2.75, 3.05) is 5.32 Å². The summed E-state index contributed by atoms with van der Waals surface area (Å²) in [5, 5.41) is 3.54. The molecule has 0 saturated carbocycles. The first kappa shape index (κ1) is 20.8. The smallest absolute Gasteiger partial charge is 0.157 e. The second-order valence-corrected chi connectivity index (χ2v) is 8.47. The quantitative estimate of drug-likeness (QED) is 0.422. The third-order valence-corrected chi connectivity index (χ3v) is 4.96. The summed E-state index contributed by atoms with van der Waals surface area (Å²) >= 11 is 1.53.